The molecule has 0 aliphatic carbocycles. The molecule has 5 nitrogen and oxygen atoms in total. The third-order valence-corrected chi connectivity index (χ3v) is 2.84. The fourth-order valence-corrected chi connectivity index (χ4v) is 1.93. The van der Waals surface area contributed by atoms with Gasteiger partial charge in [-0.3, -0.25) is 14.9 Å². The summed E-state index contributed by atoms with van der Waals surface area (Å²) in [7, 11) is 0. The number of hydrogen-bond acceptors (Lipinski definition) is 4. The number of thioether (sulfide) groups is 1. The summed E-state index contributed by atoms with van der Waals surface area (Å²) < 4.78 is 0. The maximum Gasteiger partial charge on any atom is 0.291 e. The van der Waals surface area contributed by atoms with E-state index in [9.17, 15) is 9.59 Å². The molecule has 2 rings (SSSR count). The summed E-state index contributed by atoms with van der Waals surface area (Å²) in [5, 5.41) is 2.77. The Kier molecular flexibility index (Phi) is 2.86. The average Bonchev–Trinajstić information content (AvgIpc) is 2.58. The third kappa shape index (κ3) is 2.27. The number of imide groups is 1. The lowest BCUT2D eigenvalue weighted by molar-refractivity contribution is -0.361. The molecule has 0 bridgehead atoms. The van der Waals surface area contributed by atoms with Crippen molar-refractivity contribution in [2.45, 2.75) is 0 Å². The van der Waals surface area contributed by atoms with Crippen molar-refractivity contribution >= 4 is 28.7 Å². The Morgan fingerprint density at radius 3 is 2.93 bits per heavy atom. The second-order valence-corrected chi connectivity index (χ2v) is 3.91. The number of amides is 2. The van der Waals surface area contributed by atoms with Crippen LogP contribution in [0.5, 0.6) is 0 Å². The zero-order valence-electron chi connectivity index (χ0n) is 7.90. The van der Waals surface area contributed by atoms with Crippen molar-refractivity contribution in [3.63, 3.8) is 0 Å². The first-order chi connectivity index (χ1) is 7.27. The van der Waals surface area contributed by atoms with Gasteiger partial charge in [-0.2, -0.15) is 0 Å². The number of pyridine rings is 1. The number of anilines is 1. The highest BCUT2D eigenvalue weighted by molar-refractivity contribution is 8.14. The van der Waals surface area contributed by atoms with Gasteiger partial charge in [-0.15, -0.1) is 0 Å². The summed E-state index contributed by atoms with van der Waals surface area (Å²) in [6.07, 6.45) is 1.77. The molecule has 1 aromatic rings. The van der Waals surface area contributed by atoms with Crippen molar-refractivity contribution in [3.05, 3.63) is 24.4 Å². The van der Waals surface area contributed by atoms with E-state index in [1.54, 1.807) is 6.20 Å². The Morgan fingerprint density at radius 2 is 2.33 bits per heavy atom. The molecule has 2 heterocycles. The van der Waals surface area contributed by atoms with Gasteiger partial charge in [0.2, 0.25) is 5.91 Å². The van der Waals surface area contributed by atoms with E-state index in [1.807, 2.05) is 18.2 Å². The largest absolute Gasteiger partial charge is 0.291 e. The van der Waals surface area contributed by atoms with Gasteiger partial charge in [-0.1, -0.05) is 17.8 Å². The van der Waals surface area contributed by atoms with Gasteiger partial charge in [-0.05, 0) is 6.07 Å². The maximum absolute atomic E-state index is 11.2. The first-order valence-electron chi connectivity index (χ1n) is 4.45. The first kappa shape index (κ1) is 9.97. The van der Waals surface area contributed by atoms with Crippen molar-refractivity contribution in [2.75, 3.05) is 17.7 Å². The van der Waals surface area contributed by atoms with E-state index in [0.717, 1.165) is 17.6 Å². The predicted octanol–water partition coefficient (Wildman–Crippen LogP) is 0.566. The fourth-order valence-electron chi connectivity index (χ4n) is 1.20. The number of nitrogens with one attached hydrogen (secondary N) is 2. The number of rotatable bonds is 3. The molecule has 2 amide bonds. The first-order valence-corrected chi connectivity index (χ1v) is 5.43. The third-order valence-electron chi connectivity index (χ3n) is 1.98. The quantitative estimate of drug-likeness (QED) is 0.815. The van der Waals surface area contributed by atoms with Crippen molar-refractivity contribution < 1.29 is 14.6 Å². The van der Waals surface area contributed by atoms with Crippen molar-refractivity contribution in [1.29, 1.82) is 0 Å². The second kappa shape index (κ2) is 4.31. The molecular weight excluding hydrogens is 214 g/mol. The van der Waals surface area contributed by atoms with Crippen LogP contribution in [0.15, 0.2) is 24.4 Å². The zero-order chi connectivity index (χ0) is 10.7. The Morgan fingerprint density at radius 1 is 1.47 bits per heavy atom. The normalized spacial score (nSPS) is 15.9. The Labute approximate surface area is 90.9 Å². The average molecular weight is 224 g/mol. The molecule has 1 saturated heterocycles. The van der Waals surface area contributed by atoms with Crippen LogP contribution >= 0.6 is 11.8 Å². The molecule has 1 aliphatic heterocycles. The van der Waals surface area contributed by atoms with Crippen LogP contribution in [0.1, 0.15) is 0 Å². The monoisotopic (exact) mass is 224 g/mol. The molecule has 0 unspecified atom stereocenters. The summed E-state index contributed by atoms with van der Waals surface area (Å²) in [6, 6.07) is 5.55. The number of H-pyrrole nitrogens is 1. The molecule has 0 radical (unpaired) electrons. The minimum Gasteiger partial charge on any atom is -0.273 e. The number of aromatic nitrogens is 1. The van der Waals surface area contributed by atoms with Crippen LogP contribution in [0.2, 0.25) is 0 Å². The van der Waals surface area contributed by atoms with Crippen molar-refractivity contribution in [2.24, 2.45) is 0 Å². The molecule has 6 heteroatoms. The number of hydrogen-bond donors (Lipinski definition) is 1. The van der Waals surface area contributed by atoms with E-state index < -0.39 is 0 Å². The molecule has 15 heavy (non-hydrogen) atoms. The smallest absolute Gasteiger partial charge is 0.273 e. The topological polar surface area (TPSA) is 63.6 Å². The van der Waals surface area contributed by atoms with Crippen molar-refractivity contribution in [1.82, 2.24) is 4.90 Å². The van der Waals surface area contributed by atoms with Crippen LogP contribution < -0.4 is 10.3 Å². The molecular formula is C9H10N3O2S+. The van der Waals surface area contributed by atoms with Crippen LogP contribution in [0.25, 0.3) is 0 Å². The van der Waals surface area contributed by atoms with E-state index in [2.05, 4.69) is 10.3 Å². The highest BCUT2D eigenvalue weighted by atomic mass is 32.2. The molecule has 2 N–H and O–H groups in total. The number of nitrogens with zero attached hydrogens (tertiary/aromatic N) is 1. The van der Waals surface area contributed by atoms with Gasteiger partial charge in [0.15, 0.2) is 6.67 Å². The van der Waals surface area contributed by atoms with E-state index in [-0.39, 0.29) is 23.6 Å². The Balaban J connectivity index is 1.93. The minimum atomic E-state index is -0.191. The Hall–Kier alpha value is -1.56. The number of carbonyl (C=O) groups excluding carboxylic acids is 2. The molecule has 0 atom stereocenters. The van der Waals surface area contributed by atoms with Gasteiger partial charge in [-0.25, -0.2) is 9.88 Å². The second-order valence-electron chi connectivity index (χ2n) is 2.99. The van der Waals surface area contributed by atoms with E-state index >= 15 is 0 Å². The van der Waals surface area contributed by atoms with Crippen molar-refractivity contribution in [3.8, 4) is 0 Å². The summed E-state index contributed by atoms with van der Waals surface area (Å²) in [5.41, 5.74) is 0. The van der Waals surface area contributed by atoms with Gasteiger partial charge in [0.05, 0.1) is 11.9 Å². The SMILES string of the molecule is O=C1CSC(=O)N1CNc1cccc[nH+]1. The van der Waals surface area contributed by atoms with Gasteiger partial charge in [0.1, 0.15) is 0 Å². The minimum absolute atomic E-state index is 0.145. The van der Waals surface area contributed by atoms with Gasteiger partial charge in [0, 0.05) is 6.07 Å². The van der Waals surface area contributed by atoms with Crippen LogP contribution in [-0.4, -0.2) is 28.5 Å². The Bertz CT molecular complexity index is 366. The van der Waals surface area contributed by atoms with Gasteiger partial charge < -0.3 is 0 Å². The van der Waals surface area contributed by atoms with Crippen LogP contribution in [0.4, 0.5) is 10.6 Å². The fraction of sp³-hybridized carbons (Fsp3) is 0.222. The van der Waals surface area contributed by atoms with Crippen LogP contribution in [0.3, 0.4) is 0 Å². The lowest BCUT2D eigenvalue weighted by atomic mass is 10.5. The molecule has 78 valence electrons. The standard InChI is InChI=1S/C9H9N3O2S/c13-8-5-15-9(14)12(8)6-11-7-3-1-2-4-10-7/h1-4H,5-6H2,(H,10,11)/p+1. The number of aromatic amines is 1. The summed E-state index contributed by atoms with van der Waals surface area (Å²) >= 11 is 1.04. The van der Waals surface area contributed by atoms with Crippen LogP contribution in [-0.2, 0) is 4.79 Å². The van der Waals surface area contributed by atoms with Crippen LogP contribution in [0, 0.1) is 0 Å². The number of carbonyl (C=O) groups is 2. The summed E-state index contributed by atoms with van der Waals surface area (Å²) in [4.78, 5) is 26.6. The maximum atomic E-state index is 11.2. The van der Waals surface area contributed by atoms with Gasteiger partial charge in [0.25, 0.3) is 11.1 Å². The van der Waals surface area contributed by atoms with E-state index in [4.69, 9.17) is 0 Å². The van der Waals surface area contributed by atoms with Gasteiger partial charge >= 0.3 is 0 Å². The highest BCUT2D eigenvalue weighted by Crippen LogP contribution is 2.17. The lowest BCUT2D eigenvalue weighted by Crippen LogP contribution is -2.34. The molecule has 0 spiro atoms. The van der Waals surface area contributed by atoms with E-state index in [1.165, 1.54) is 4.90 Å². The molecule has 0 aromatic carbocycles. The molecule has 1 fully saturated rings. The highest BCUT2D eigenvalue weighted by Gasteiger charge is 2.30. The molecule has 0 saturated carbocycles. The summed E-state index contributed by atoms with van der Waals surface area (Å²) in [5.74, 6) is 0.877. The predicted molar refractivity (Wildman–Crippen MR) is 56.2 cm³/mol. The molecule has 1 aliphatic rings. The zero-order valence-corrected chi connectivity index (χ0v) is 8.71. The summed E-state index contributed by atoms with van der Waals surface area (Å²) in [6.45, 7) is 0.213. The molecule has 1 aromatic heterocycles. The lowest BCUT2D eigenvalue weighted by Gasteiger charge is -2.09. The van der Waals surface area contributed by atoms with E-state index in [0.29, 0.717) is 0 Å².